The van der Waals surface area contributed by atoms with E-state index in [-0.39, 0.29) is 35.8 Å². The normalized spacial score (nSPS) is 11.8. The molecule has 0 heterocycles. The number of nitrogens with zero attached hydrogens (tertiary/aromatic N) is 1. The summed E-state index contributed by atoms with van der Waals surface area (Å²) in [5, 5.41) is 3.66. The van der Waals surface area contributed by atoms with Gasteiger partial charge in [-0.25, -0.2) is 4.39 Å². The maximum atomic E-state index is 13.6. The van der Waals surface area contributed by atoms with Gasteiger partial charge in [-0.05, 0) is 46.9 Å². The molecule has 36 heavy (non-hydrogen) atoms. The minimum Gasteiger partial charge on any atom is -0.354 e. The Morgan fingerprint density at radius 1 is 0.944 bits per heavy atom. The van der Waals surface area contributed by atoms with Gasteiger partial charge in [0.25, 0.3) is 0 Å². The lowest BCUT2D eigenvalue weighted by Crippen LogP contribution is -2.51. The monoisotopic (exact) mass is 526 g/mol. The predicted molar refractivity (Wildman–Crippen MR) is 146 cm³/mol. The van der Waals surface area contributed by atoms with Crippen molar-refractivity contribution in [1.29, 1.82) is 0 Å². The van der Waals surface area contributed by atoms with Crippen LogP contribution in [0.25, 0.3) is 0 Å². The summed E-state index contributed by atoms with van der Waals surface area (Å²) in [7, 11) is 0. The molecule has 4 nitrogen and oxygen atoms in total. The lowest BCUT2D eigenvalue weighted by molar-refractivity contribution is -0.139. The zero-order valence-corrected chi connectivity index (χ0v) is 22.2. The molecule has 0 fully saturated rings. The average Bonchev–Trinajstić information content (AvgIpc) is 2.86. The molecule has 7 heteroatoms. The van der Waals surface area contributed by atoms with E-state index in [0.29, 0.717) is 23.7 Å². The quantitative estimate of drug-likeness (QED) is 0.309. The SMILES string of the molecule is CC(C)CNC(=O)[C@H](Cc1ccccc1)N(Cc1ccc(F)cc1)C(=O)CSCc1cccc(Cl)c1. The van der Waals surface area contributed by atoms with Gasteiger partial charge in [-0.1, -0.05) is 80.0 Å². The molecule has 0 saturated carbocycles. The Labute approximate surface area is 222 Å². The van der Waals surface area contributed by atoms with E-state index >= 15 is 0 Å². The van der Waals surface area contributed by atoms with Gasteiger partial charge >= 0.3 is 0 Å². The third-order valence-electron chi connectivity index (χ3n) is 5.61. The minimum atomic E-state index is -0.699. The zero-order valence-electron chi connectivity index (χ0n) is 20.6. The summed E-state index contributed by atoms with van der Waals surface area (Å²) < 4.78 is 13.5. The number of thioether (sulfide) groups is 1. The summed E-state index contributed by atoms with van der Waals surface area (Å²) in [6.45, 7) is 4.79. The molecule has 3 rings (SSSR count). The first-order valence-corrected chi connectivity index (χ1v) is 13.5. The van der Waals surface area contributed by atoms with Gasteiger partial charge in [0, 0.05) is 30.3 Å². The fraction of sp³-hybridized carbons (Fsp3) is 0.310. The molecule has 1 atom stereocenters. The van der Waals surface area contributed by atoms with Crippen LogP contribution in [0, 0.1) is 11.7 Å². The van der Waals surface area contributed by atoms with Gasteiger partial charge in [-0.15, -0.1) is 11.8 Å². The summed E-state index contributed by atoms with van der Waals surface area (Å²) in [5.41, 5.74) is 2.76. The standard InChI is InChI=1S/C29H32ClFN2O2S/c1-21(2)17-32-29(35)27(16-22-7-4-3-5-8-22)33(18-23-11-13-26(31)14-12-23)28(34)20-36-19-24-9-6-10-25(30)15-24/h3-15,21,27H,16-20H2,1-2H3,(H,32,35)/t27-/m0/s1. The number of benzene rings is 3. The van der Waals surface area contributed by atoms with E-state index in [1.165, 1.54) is 23.9 Å². The third kappa shape index (κ3) is 8.99. The fourth-order valence-corrected chi connectivity index (χ4v) is 4.80. The number of halogens is 2. The molecule has 0 aliphatic rings. The second kappa shape index (κ2) is 14.0. The summed E-state index contributed by atoms with van der Waals surface area (Å²) in [5.74, 6) is 0.427. The molecule has 0 unspecified atom stereocenters. The van der Waals surface area contributed by atoms with Crippen molar-refractivity contribution in [2.24, 2.45) is 5.92 Å². The Kier molecular flexibility index (Phi) is 10.8. The highest BCUT2D eigenvalue weighted by Crippen LogP contribution is 2.20. The number of carbonyl (C=O) groups is 2. The maximum Gasteiger partial charge on any atom is 0.243 e. The van der Waals surface area contributed by atoms with E-state index in [9.17, 15) is 14.0 Å². The maximum absolute atomic E-state index is 13.6. The number of rotatable bonds is 12. The highest BCUT2D eigenvalue weighted by Gasteiger charge is 2.30. The van der Waals surface area contributed by atoms with Gasteiger partial charge in [0.15, 0.2) is 0 Å². The molecule has 0 aliphatic heterocycles. The van der Waals surface area contributed by atoms with Crippen molar-refractivity contribution in [2.75, 3.05) is 12.3 Å². The molecule has 2 amide bonds. The summed E-state index contributed by atoms with van der Waals surface area (Å²) >= 11 is 7.56. The average molecular weight is 527 g/mol. The van der Waals surface area contributed by atoms with Crippen LogP contribution in [0.5, 0.6) is 0 Å². The molecular formula is C29H32ClFN2O2S. The van der Waals surface area contributed by atoms with E-state index in [1.54, 1.807) is 17.0 Å². The van der Waals surface area contributed by atoms with Crippen molar-refractivity contribution in [2.45, 2.75) is 38.6 Å². The second-order valence-electron chi connectivity index (χ2n) is 9.12. The molecule has 0 bridgehead atoms. The molecular weight excluding hydrogens is 495 g/mol. The van der Waals surface area contributed by atoms with Crippen LogP contribution < -0.4 is 5.32 Å². The molecule has 190 valence electrons. The summed E-state index contributed by atoms with van der Waals surface area (Å²) in [4.78, 5) is 28.6. The first-order valence-electron chi connectivity index (χ1n) is 12.0. The Bertz CT molecular complexity index is 1130. The molecule has 0 radical (unpaired) electrons. The van der Waals surface area contributed by atoms with E-state index in [4.69, 9.17) is 11.6 Å². The van der Waals surface area contributed by atoms with Crippen LogP contribution in [0.15, 0.2) is 78.9 Å². The Morgan fingerprint density at radius 3 is 2.31 bits per heavy atom. The van der Waals surface area contributed by atoms with Crippen LogP contribution in [0.3, 0.4) is 0 Å². The topological polar surface area (TPSA) is 49.4 Å². The first kappa shape index (κ1) is 27.8. The molecule has 1 N–H and O–H groups in total. The van der Waals surface area contributed by atoms with Crippen molar-refractivity contribution in [3.05, 3.63) is 106 Å². The van der Waals surface area contributed by atoms with E-state index in [2.05, 4.69) is 5.32 Å². The van der Waals surface area contributed by atoms with Gasteiger partial charge < -0.3 is 10.2 Å². The Morgan fingerprint density at radius 2 is 1.64 bits per heavy atom. The third-order valence-corrected chi connectivity index (χ3v) is 6.83. The Balaban J connectivity index is 1.83. The number of amides is 2. The molecule has 3 aromatic carbocycles. The van der Waals surface area contributed by atoms with Crippen LogP contribution in [0.2, 0.25) is 5.02 Å². The number of hydrogen-bond acceptors (Lipinski definition) is 3. The van der Waals surface area contributed by atoms with Crippen LogP contribution in [0.4, 0.5) is 4.39 Å². The van der Waals surface area contributed by atoms with Crippen molar-refractivity contribution >= 4 is 35.2 Å². The predicted octanol–water partition coefficient (Wildman–Crippen LogP) is 6.12. The minimum absolute atomic E-state index is 0.146. The highest BCUT2D eigenvalue weighted by atomic mass is 35.5. The molecule has 3 aromatic rings. The molecule has 0 saturated heterocycles. The summed E-state index contributed by atoms with van der Waals surface area (Å²) in [6.07, 6.45) is 0.386. The van der Waals surface area contributed by atoms with Crippen molar-refractivity contribution in [3.63, 3.8) is 0 Å². The van der Waals surface area contributed by atoms with Gasteiger partial charge in [-0.3, -0.25) is 9.59 Å². The molecule has 0 aliphatic carbocycles. The first-order chi connectivity index (χ1) is 17.3. The second-order valence-corrected chi connectivity index (χ2v) is 10.5. The largest absolute Gasteiger partial charge is 0.354 e. The van der Waals surface area contributed by atoms with Crippen molar-refractivity contribution in [1.82, 2.24) is 10.2 Å². The fourth-order valence-electron chi connectivity index (χ4n) is 3.73. The van der Waals surface area contributed by atoms with E-state index < -0.39 is 6.04 Å². The van der Waals surface area contributed by atoms with E-state index in [0.717, 1.165) is 16.7 Å². The number of nitrogens with one attached hydrogen (secondary N) is 1. The van der Waals surface area contributed by atoms with Gasteiger partial charge in [0.1, 0.15) is 11.9 Å². The Hall–Kier alpha value is -2.83. The lowest BCUT2D eigenvalue weighted by atomic mass is 10.0. The highest BCUT2D eigenvalue weighted by molar-refractivity contribution is 7.99. The van der Waals surface area contributed by atoms with E-state index in [1.807, 2.05) is 68.4 Å². The van der Waals surface area contributed by atoms with Gasteiger partial charge in [0.05, 0.1) is 5.75 Å². The van der Waals surface area contributed by atoms with Crippen LogP contribution in [-0.4, -0.2) is 35.1 Å². The lowest BCUT2D eigenvalue weighted by Gasteiger charge is -2.32. The molecule has 0 aromatic heterocycles. The number of hydrogen-bond donors (Lipinski definition) is 1. The molecule has 0 spiro atoms. The number of carbonyl (C=O) groups excluding carboxylic acids is 2. The van der Waals surface area contributed by atoms with Crippen molar-refractivity contribution < 1.29 is 14.0 Å². The van der Waals surface area contributed by atoms with Crippen LogP contribution in [-0.2, 0) is 28.3 Å². The summed E-state index contributed by atoms with van der Waals surface area (Å²) in [6, 6.07) is 22.6. The van der Waals surface area contributed by atoms with Gasteiger partial charge in [0.2, 0.25) is 11.8 Å². The van der Waals surface area contributed by atoms with Crippen LogP contribution >= 0.6 is 23.4 Å². The van der Waals surface area contributed by atoms with Crippen LogP contribution in [0.1, 0.15) is 30.5 Å². The van der Waals surface area contributed by atoms with Crippen molar-refractivity contribution in [3.8, 4) is 0 Å². The smallest absolute Gasteiger partial charge is 0.243 e. The van der Waals surface area contributed by atoms with Gasteiger partial charge in [-0.2, -0.15) is 0 Å². The zero-order chi connectivity index (χ0) is 25.9.